The fraction of sp³-hybridized carbons (Fsp3) is 0.316. The molecular formula is C19H21N5O. The summed E-state index contributed by atoms with van der Waals surface area (Å²) in [5.74, 6) is -0.0812. The van der Waals surface area contributed by atoms with E-state index in [-0.39, 0.29) is 5.91 Å². The number of piperidine rings is 1. The maximum atomic E-state index is 12.4. The molecule has 0 radical (unpaired) electrons. The normalized spacial score (nSPS) is 14.6. The van der Waals surface area contributed by atoms with Gasteiger partial charge >= 0.3 is 0 Å². The molecule has 1 N–H and O–H groups in total. The van der Waals surface area contributed by atoms with Crippen LogP contribution in [-0.2, 0) is 6.54 Å². The van der Waals surface area contributed by atoms with Crippen molar-refractivity contribution in [2.75, 3.05) is 18.0 Å². The Kier molecular flexibility index (Phi) is 4.33. The summed E-state index contributed by atoms with van der Waals surface area (Å²) in [7, 11) is 0. The van der Waals surface area contributed by atoms with Crippen LogP contribution < -0.4 is 10.2 Å². The molecule has 2 aromatic heterocycles. The second kappa shape index (κ2) is 6.93. The second-order valence-electron chi connectivity index (χ2n) is 6.32. The summed E-state index contributed by atoms with van der Waals surface area (Å²) in [5.41, 5.74) is 3.54. The number of carbonyl (C=O) groups is 1. The number of hydrogen-bond acceptors (Lipinski definition) is 4. The third-order valence-corrected chi connectivity index (χ3v) is 4.66. The number of nitrogens with one attached hydrogen (secondary N) is 1. The highest BCUT2D eigenvalue weighted by Crippen LogP contribution is 2.20. The topological polar surface area (TPSA) is 62.5 Å². The lowest BCUT2D eigenvalue weighted by Crippen LogP contribution is -2.29. The first-order chi connectivity index (χ1) is 12.3. The molecule has 0 bridgehead atoms. The first-order valence-electron chi connectivity index (χ1n) is 8.72. The lowest BCUT2D eigenvalue weighted by Gasteiger charge is -2.28. The van der Waals surface area contributed by atoms with Crippen LogP contribution in [0.25, 0.3) is 5.65 Å². The Hall–Kier alpha value is -2.89. The van der Waals surface area contributed by atoms with Crippen molar-refractivity contribution >= 4 is 17.2 Å². The number of nitrogens with zero attached hydrogens (tertiary/aromatic N) is 4. The van der Waals surface area contributed by atoms with Crippen molar-refractivity contribution in [2.45, 2.75) is 25.8 Å². The van der Waals surface area contributed by atoms with Gasteiger partial charge in [-0.05, 0) is 55.7 Å². The molecule has 4 rings (SSSR count). The largest absolute Gasteiger partial charge is 0.372 e. The van der Waals surface area contributed by atoms with E-state index in [2.05, 4.69) is 20.3 Å². The summed E-state index contributed by atoms with van der Waals surface area (Å²) in [6.45, 7) is 2.62. The van der Waals surface area contributed by atoms with E-state index >= 15 is 0 Å². The monoisotopic (exact) mass is 335 g/mol. The number of amides is 1. The summed E-state index contributed by atoms with van der Waals surface area (Å²) in [5, 5.41) is 7.14. The summed E-state index contributed by atoms with van der Waals surface area (Å²) in [6.07, 6.45) is 5.32. The molecule has 1 aliphatic rings. The number of anilines is 1. The fourth-order valence-electron chi connectivity index (χ4n) is 3.28. The predicted octanol–water partition coefficient (Wildman–Crippen LogP) is 2.65. The van der Waals surface area contributed by atoms with Crippen LogP contribution in [0.3, 0.4) is 0 Å². The Labute approximate surface area is 146 Å². The maximum Gasteiger partial charge on any atom is 0.251 e. The second-order valence-corrected chi connectivity index (χ2v) is 6.32. The zero-order valence-electron chi connectivity index (χ0n) is 14.1. The number of carbonyl (C=O) groups excluding carboxylic acids is 1. The molecule has 25 heavy (non-hydrogen) atoms. The van der Waals surface area contributed by atoms with Gasteiger partial charge in [-0.15, -0.1) is 0 Å². The van der Waals surface area contributed by atoms with Gasteiger partial charge in [-0.2, -0.15) is 5.10 Å². The van der Waals surface area contributed by atoms with Gasteiger partial charge in [0.15, 0.2) is 5.65 Å². The van der Waals surface area contributed by atoms with E-state index in [4.69, 9.17) is 0 Å². The SMILES string of the molecule is O=C(NCc1cccc2ncnn12)c1ccc(N2CCCCC2)cc1. The molecule has 0 saturated carbocycles. The van der Waals surface area contributed by atoms with E-state index in [1.807, 2.05) is 42.5 Å². The lowest BCUT2D eigenvalue weighted by atomic mass is 10.1. The van der Waals surface area contributed by atoms with Crippen molar-refractivity contribution in [3.63, 3.8) is 0 Å². The summed E-state index contributed by atoms with van der Waals surface area (Å²) in [6, 6.07) is 13.6. The average Bonchev–Trinajstić information content (AvgIpc) is 3.16. The van der Waals surface area contributed by atoms with E-state index in [9.17, 15) is 4.79 Å². The molecular weight excluding hydrogens is 314 g/mol. The van der Waals surface area contributed by atoms with Crippen molar-refractivity contribution in [1.29, 1.82) is 0 Å². The molecule has 3 heterocycles. The highest BCUT2D eigenvalue weighted by Gasteiger charge is 2.12. The Balaban J connectivity index is 1.41. The Morgan fingerprint density at radius 1 is 1.04 bits per heavy atom. The predicted molar refractivity (Wildman–Crippen MR) is 96.7 cm³/mol. The van der Waals surface area contributed by atoms with Gasteiger partial charge in [-0.25, -0.2) is 9.50 Å². The van der Waals surface area contributed by atoms with Gasteiger partial charge in [0.05, 0.1) is 12.2 Å². The van der Waals surface area contributed by atoms with Crippen LogP contribution in [0.2, 0.25) is 0 Å². The summed E-state index contributed by atoms with van der Waals surface area (Å²) < 4.78 is 1.74. The quantitative estimate of drug-likeness (QED) is 0.796. The fourth-order valence-corrected chi connectivity index (χ4v) is 3.28. The minimum atomic E-state index is -0.0812. The average molecular weight is 335 g/mol. The molecule has 1 aliphatic heterocycles. The van der Waals surface area contributed by atoms with Crippen LogP contribution in [0.4, 0.5) is 5.69 Å². The number of fused-ring (bicyclic) bond motifs is 1. The molecule has 1 saturated heterocycles. The van der Waals surface area contributed by atoms with Crippen molar-refractivity contribution in [3.05, 3.63) is 60.0 Å². The standard InChI is InChI=1S/C19H21N5O/c25-19(20-13-17-5-4-6-18-21-14-22-24(17)18)15-7-9-16(10-8-15)23-11-2-1-3-12-23/h4-10,14H,1-3,11-13H2,(H,20,25). The van der Waals surface area contributed by atoms with Crippen LogP contribution in [0, 0.1) is 0 Å². The van der Waals surface area contributed by atoms with E-state index in [1.54, 1.807) is 4.52 Å². The zero-order valence-corrected chi connectivity index (χ0v) is 14.1. The van der Waals surface area contributed by atoms with Gasteiger partial charge in [0.2, 0.25) is 0 Å². The molecule has 6 heteroatoms. The van der Waals surface area contributed by atoms with Gasteiger partial charge < -0.3 is 10.2 Å². The Morgan fingerprint density at radius 2 is 1.84 bits per heavy atom. The highest BCUT2D eigenvalue weighted by molar-refractivity contribution is 5.94. The molecule has 0 aliphatic carbocycles. The first-order valence-corrected chi connectivity index (χ1v) is 8.72. The molecule has 0 atom stereocenters. The Morgan fingerprint density at radius 3 is 2.64 bits per heavy atom. The molecule has 1 fully saturated rings. The molecule has 128 valence electrons. The van der Waals surface area contributed by atoms with Gasteiger partial charge in [0, 0.05) is 24.3 Å². The Bertz CT molecular complexity index is 865. The van der Waals surface area contributed by atoms with Crippen LogP contribution in [-0.4, -0.2) is 33.6 Å². The molecule has 1 aromatic carbocycles. The minimum Gasteiger partial charge on any atom is -0.372 e. The van der Waals surface area contributed by atoms with Crippen molar-refractivity contribution in [1.82, 2.24) is 19.9 Å². The van der Waals surface area contributed by atoms with Crippen molar-refractivity contribution < 1.29 is 4.79 Å². The highest BCUT2D eigenvalue weighted by atomic mass is 16.1. The van der Waals surface area contributed by atoms with E-state index in [1.165, 1.54) is 31.3 Å². The van der Waals surface area contributed by atoms with Gasteiger partial charge in [0.25, 0.3) is 5.91 Å². The van der Waals surface area contributed by atoms with Crippen molar-refractivity contribution in [2.24, 2.45) is 0 Å². The van der Waals surface area contributed by atoms with Gasteiger partial charge in [-0.3, -0.25) is 4.79 Å². The number of benzene rings is 1. The third kappa shape index (κ3) is 3.33. The van der Waals surface area contributed by atoms with Gasteiger partial charge in [0.1, 0.15) is 6.33 Å². The van der Waals surface area contributed by atoms with E-state index in [0.29, 0.717) is 12.1 Å². The van der Waals surface area contributed by atoms with Crippen LogP contribution >= 0.6 is 0 Å². The van der Waals surface area contributed by atoms with Crippen LogP contribution in [0.5, 0.6) is 0 Å². The molecule has 1 amide bonds. The van der Waals surface area contributed by atoms with Crippen molar-refractivity contribution in [3.8, 4) is 0 Å². The van der Waals surface area contributed by atoms with Crippen LogP contribution in [0.15, 0.2) is 48.8 Å². The van der Waals surface area contributed by atoms with E-state index in [0.717, 1.165) is 24.4 Å². The first kappa shape index (κ1) is 15.6. The zero-order chi connectivity index (χ0) is 17.1. The lowest BCUT2D eigenvalue weighted by molar-refractivity contribution is 0.0950. The molecule has 0 unspecified atom stereocenters. The molecule has 0 spiro atoms. The molecule has 6 nitrogen and oxygen atoms in total. The van der Waals surface area contributed by atoms with Gasteiger partial charge in [-0.1, -0.05) is 6.07 Å². The number of aromatic nitrogens is 3. The maximum absolute atomic E-state index is 12.4. The number of pyridine rings is 1. The minimum absolute atomic E-state index is 0.0812. The summed E-state index contributed by atoms with van der Waals surface area (Å²) in [4.78, 5) is 18.9. The third-order valence-electron chi connectivity index (χ3n) is 4.66. The van der Waals surface area contributed by atoms with Crippen LogP contribution in [0.1, 0.15) is 35.3 Å². The number of hydrogen-bond donors (Lipinski definition) is 1. The molecule has 3 aromatic rings. The number of rotatable bonds is 4. The summed E-state index contributed by atoms with van der Waals surface area (Å²) >= 11 is 0. The van der Waals surface area contributed by atoms with E-state index < -0.39 is 0 Å². The smallest absolute Gasteiger partial charge is 0.251 e.